The van der Waals surface area contributed by atoms with Crippen molar-refractivity contribution in [3.05, 3.63) is 52.0 Å². The SMILES string of the molecule is CC(C)(C)OC(=O)N[C@@H](Cc1ccccc1)c1nc(CCl)cs1. The van der Waals surface area contributed by atoms with Gasteiger partial charge in [0.2, 0.25) is 0 Å². The first-order chi connectivity index (χ1) is 10.9. The number of nitrogens with one attached hydrogen (secondary N) is 1. The van der Waals surface area contributed by atoms with Crippen LogP contribution in [0.5, 0.6) is 0 Å². The standard InChI is InChI=1S/C17H21ClN2O2S/c1-17(2,3)22-16(21)20-14(9-12-7-5-4-6-8-12)15-19-13(10-18)11-23-15/h4-8,11,14H,9-10H2,1-3H3,(H,20,21)/t14-/m0/s1. The molecule has 124 valence electrons. The van der Waals surface area contributed by atoms with Crippen molar-refractivity contribution in [3.63, 3.8) is 0 Å². The second-order valence-electron chi connectivity index (χ2n) is 6.20. The van der Waals surface area contributed by atoms with Crippen LogP contribution in [0, 0.1) is 0 Å². The molecule has 0 unspecified atom stereocenters. The van der Waals surface area contributed by atoms with E-state index < -0.39 is 11.7 Å². The van der Waals surface area contributed by atoms with Crippen LogP contribution in [0.4, 0.5) is 4.79 Å². The third kappa shape index (κ3) is 5.84. The number of hydrogen-bond donors (Lipinski definition) is 1. The average molecular weight is 353 g/mol. The van der Waals surface area contributed by atoms with E-state index in [4.69, 9.17) is 16.3 Å². The van der Waals surface area contributed by atoms with Gasteiger partial charge in [-0.05, 0) is 32.8 Å². The van der Waals surface area contributed by atoms with E-state index in [0.29, 0.717) is 12.3 Å². The Morgan fingerprint density at radius 2 is 2.04 bits per heavy atom. The van der Waals surface area contributed by atoms with Gasteiger partial charge in [0.15, 0.2) is 0 Å². The van der Waals surface area contributed by atoms with E-state index in [1.807, 2.05) is 56.5 Å². The molecule has 1 atom stereocenters. The Labute approximate surface area is 145 Å². The van der Waals surface area contributed by atoms with E-state index in [-0.39, 0.29) is 6.04 Å². The molecule has 0 saturated heterocycles. The highest BCUT2D eigenvalue weighted by Gasteiger charge is 2.22. The van der Waals surface area contributed by atoms with Crippen LogP contribution in [-0.4, -0.2) is 16.7 Å². The number of rotatable bonds is 5. The Morgan fingerprint density at radius 3 is 2.61 bits per heavy atom. The molecule has 0 saturated carbocycles. The van der Waals surface area contributed by atoms with E-state index in [0.717, 1.165) is 16.3 Å². The molecule has 0 fully saturated rings. The lowest BCUT2D eigenvalue weighted by Gasteiger charge is -2.23. The zero-order chi connectivity index (χ0) is 16.9. The Kier molecular flexibility index (Phi) is 6.02. The molecule has 1 amide bonds. The number of hydrogen-bond acceptors (Lipinski definition) is 4. The summed E-state index contributed by atoms with van der Waals surface area (Å²) in [7, 11) is 0. The molecule has 23 heavy (non-hydrogen) atoms. The second-order valence-corrected chi connectivity index (χ2v) is 7.36. The number of halogens is 1. The van der Waals surface area contributed by atoms with Crippen molar-refractivity contribution in [1.29, 1.82) is 0 Å². The van der Waals surface area contributed by atoms with Gasteiger partial charge in [-0.1, -0.05) is 30.3 Å². The minimum atomic E-state index is -0.536. The van der Waals surface area contributed by atoms with E-state index in [1.54, 1.807) is 0 Å². The molecule has 1 aromatic carbocycles. The first-order valence-corrected chi connectivity index (χ1v) is 8.82. The molecule has 0 radical (unpaired) electrons. The smallest absolute Gasteiger partial charge is 0.408 e. The van der Waals surface area contributed by atoms with Gasteiger partial charge in [-0.2, -0.15) is 0 Å². The maximum absolute atomic E-state index is 12.1. The minimum absolute atomic E-state index is 0.241. The molecule has 4 nitrogen and oxygen atoms in total. The van der Waals surface area contributed by atoms with Crippen LogP contribution in [0.25, 0.3) is 0 Å². The zero-order valence-corrected chi connectivity index (χ0v) is 15.1. The third-order valence-electron chi connectivity index (χ3n) is 2.98. The first-order valence-electron chi connectivity index (χ1n) is 7.41. The normalized spacial score (nSPS) is 12.7. The molecule has 0 spiro atoms. The lowest BCUT2D eigenvalue weighted by Crippen LogP contribution is -2.35. The van der Waals surface area contributed by atoms with Crippen molar-refractivity contribution in [2.75, 3.05) is 0 Å². The summed E-state index contributed by atoms with van der Waals surface area (Å²) in [5.74, 6) is 0.362. The first kappa shape index (κ1) is 17.8. The number of nitrogens with zero attached hydrogens (tertiary/aromatic N) is 1. The van der Waals surface area contributed by atoms with Crippen LogP contribution in [0.3, 0.4) is 0 Å². The Balaban J connectivity index is 2.15. The molecule has 0 aliphatic rings. The van der Waals surface area contributed by atoms with Gasteiger partial charge < -0.3 is 10.1 Å². The van der Waals surface area contributed by atoms with Crippen LogP contribution in [0.15, 0.2) is 35.7 Å². The predicted octanol–water partition coefficient (Wildman–Crippen LogP) is 4.69. The van der Waals surface area contributed by atoms with Crippen molar-refractivity contribution in [2.45, 2.75) is 44.7 Å². The van der Waals surface area contributed by atoms with Gasteiger partial charge in [-0.3, -0.25) is 0 Å². The molecule has 0 aliphatic carbocycles. The number of carbonyl (C=O) groups is 1. The number of thiazole rings is 1. The monoisotopic (exact) mass is 352 g/mol. The fourth-order valence-electron chi connectivity index (χ4n) is 2.04. The van der Waals surface area contributed by atoms with Crippen molar-refractivity contribution in [1.82, 2.24) is 10.3 Å². The quantitative estimate of drug-likeness (QED) is 0.794. The molecule has 2 aromatic rings. The topological polar surface area (TPSA) is 51.2 Å². The van der Waals surface area contributed by atoms with Gasteiger partial charge in [0.1, 0.15) is 10.6 Å². The highest BCUT2D eigenvalue weighted by atomic mass is 35.5. The van der Waals surface area contributed by atoms with Crippen molar-refractivity contribution in [3.8, 4) is 0 Å². The van der Waals surface area contributed by atoms with E-state index >= 15 is 0 Å². The van der Waals surface area contributed by atoms with Gasteiger partial charge in [-0.25, -0.2) is 9.78 Å². The van der Waals surface area contributed by atoms with Gasteiger partial charge >= 0.3 is 6.09 Å². The number of amides is 1. The Hall–Kier alpha value is -1.59. The summed E-state index contributed by atoms with van der Waals surface area (Å²) in [5.41, 5.74) is 1.40. The van der Waals surface area contributed by atoms with Crippen molar-refractivity contribution in [2.24, 2.45) is 0 Å². The molecule has 2 rings (SSSR count). The van der Waals surface area contributed by atoms with Crippen LogP contribution in [0.1, 0.15) is 43.1 Å². The van der Waals surface area contributed by atoms with Crippen molar-refractivity contribution >= 4 is 29.0 Å². The highest BCUT2D eigenvalue weighted by Crippen LogP contribution is 2.23. The van der Waals surface area contributed by atoms with Crippen LogP contribution in [0.2, 0.25) is 0 Å². The number of ether oxygens (including phenoxy) is 1. The van der Waals surface area contributed by atoms with Crippen LogP contribution in [-0.2, 0) is 17.0 Å². The molecule has 0 bridgehead atoms. The van der Waals surface area contributed by atoms with E-state index in [1.165, 1.54) is 11.3 Å². The number of alkyl carbamates (subject to hydrolysis) is 1. The fraction of sp³-hybridized carbons (Fsp3) is 0.412. The summed E-state index contributed by atoms with van der Waals surface area (Å²) in [6.07, 6.45) is 0.205. The number of alkyl halides is 1. The van der Waals surface area contributed by atoms with Crippen LogP contribution < -0.4 is 5.32 Å². The van der Waals surface area contributed by atoms with Gasteiger partial charge in [0.25, 0.3) is 0 Å². The van der Waals surface area contributed by atoms with Gasteiger partial charge in [0, 0.05) is 5.38 Å². The third-order valence-corrected chi connectivity index (χ3v) is 4.26. The summed E-state index contributed by atoms with van der Waals surface area (Å²) in [5, 5.41) is 5.66. The summed E-state index contributed by atoms with van der Waals surface area (Å²) >= 11 is 7.33. The van der Waals surface area contributed by atoms with Gasteiger partial charge in [0.05, 0.1) is 17.6 Å². The number of carbonyl (C=O) groups excluding carboxylic acids is 1. The minimum Gasteiger partial charge on any atom is -0.444 e. The zero-order valence-electron chi connectivity index (χ0n) is 13.5. The Bertz CT molecular complexity index is 638. The maximum atomic E-state index is 12.1. The summed E-state index contributed by atoms with van der Waals surface area (Å²) < 4.78 is 5.36. The molecule has 0 aliphatic heterocycles. The van der Waals surface area contributed by atoms with E-state index in [9.17, 15) is 4.79 Å². The lowest BCUT2D eigenvalue weighted by molar-refractivity contribution is 0.0503. The van der Waals surface area contributed by atoms with Crippen LogP contribution >= 0.6 is 22.9 Å². The van der Waals surface area contributed by atoms with Crippen molar-refractivity contribution < 1.29 is 9.53 Å². The van der Waals surface area contributed by atoms with E-state index in [2.05, 4.69) is 10.3 Å². The molecule has 6 heteroatoms. The lowest BCUT2D eigenvalue weighted by atomic mass is 10.1. The molecular weight excluding hydrogens is 332 g/mol. The predicted molar refractivity (Wildman–Crippen MR) is 93.9 cm³/mol. The molecular formula is C17H21ClN2O2S. The fourth-order valence-corrected chi connectivity index (χ4v) is 3.14. The maximum Gasteiger partial charge on any atom is 0.408 e. The highest BCUT2D eigenvalue weighted by molar-refractivity contribution is 7.09. The Morgan fingerprint density at radius 1 is 1.35 bits per heavy atom. The summed E-state index contributed by atoms with van der Waals surface area (Å²) in [6, 6.07) is 9.74. The summed E-state index contributed by atoms with van der Waals surface area (Å²) in [6.45, 7) is 5.52. The summed E-state index contributed by atoms with van der Waals surface area (Å²) in [4.78, 5) is 16.6. The molecule has 1 heterocycles. The second kappa shape index (κ2) is 7.79. The van der Waals surface area contributed by atoms with Gasteiger partial charge in [-0.15, -0.1) is 22.9 Å². The largest absolute Gasteiger partial charge is 0.444 e. The number of benzene rings is 1. The molecule has 1 aromatic heterocycles. The average Bonchev–Trinajstić information content (AvgIpc) is 2.94. The molecule has 1 N–H and O–H groups in total. The number of aromatic nitrogens is 1.